The van der Waals surface area contributed by atoms with Gasteiger partial charge >= 0.3 is 0 Å². The van der Waals surface area contributed by atoms with E-state index in [0.29, 0.717) is 0 Å². The first kappa shape index (κ1) is 13.3. The van der Waals surface area contributed by atoms with Gasteiger partial charge in [0.2, 0.25) is 0 Å². The lowest BCUT2D eigenvalue weighted by molar-refractivity contribution is 0.281. The maximum Gasteiger partial charge on any atom is 0.0704 e. The van der Waals surface area contributed by atoms with Gasteiger partial charge in [-0.1, -0.05) is 22.9 Å². The van der Waals surface area contributed by atoms with Crippen LogP contribution in [0.2, 0.25) is 0 Å². The Bertz CT molecular complexity index is 575. The second-order valence-electron chi connectivity index (χ2n) is 4.35. The van der Waals surface area contributed by atoms with Crippen molar-refractivity contribution in [2.45, 2.75) is 33.8 Å². The van der Waals surface area contributed by atoms with Crippen LogP contribution in [0.4, 0.5) is 0 Å². The minimum Gasteiger partial charge on any atom is -0.392 e. The van der Waals surface area contributed by atoms with Gasteiger partial charge in [-0.15, -0.1) is 0 Å². The number of halogens is 1. The number of aromatic nitrogens is 2. The van der Waals surface area contributed by atoms with E-state index in [9.17, 15) is 5.11 Å². The SMILES string of the molecule is CCc1c(C)nn(-c2ccc(Br)cc2CO)c1C. The van der Waals surface area contributed by atoms with Crippen LogP contribution in [-0.4, -0.2) is 14.9 Å². The predicted octanol–water partition coefficient (Wildman–Crippen LogP) is 3.31. The summed E-state index contributed by atoms with van der Waals surface area (Å²) in [4.78, 5) is 0. The molecule has 2 rings (SSSR count). The van der Waals surface area contributed by atoms with Gasteiger partial charge in [-0.2, -0.15) is 5.10 Å². The zero-order chi connectivity index (χ0) is 13.3. The van der Waals surface area contributed by atoms with E-state index in [-0.39, 0.29) is 6.61 Å². The second kappa shape index (κ2) is 5.24. The van der Waals surface area contributed by atoms with Crippen LogP contribution >= 0.6 is 15.9 Å². The summed E-state index contributed by atoms with van der Waals surface area (Å²) in [5, 5.41) is 14.0. The Morgan fingerprint density at radius 1 is 1.33 bits per heavy atom. The van der Waals surface area contributed by atoms with Crippen molar-refractivity contribution >= 4 is 15.9 Å². The maximum atomic E-state index is 9.47. The standard InChI is InChI=1S/C14H17BrN2O/c1-4-13-9(2)16-17(10(13)3)14-6-5-12(15)7-11(14)8-18/h5-7,18H,4,8H2,1-3H3. The van der Waals surface area contributed by atoms with E-state index in [2.05, 4.69) is 34.9 Å². The van der Waals surface area contributed by atoms with Gasteiger partial charge in [0.05, 0.1) is 18.0 Å². The highest BCUT2D eigenvalue weighted by Gasteiger charge is 2.13. The molecule has 0 fully saturated rings. The quantitative estimate of drug-likeness (QED) is 0.944. The van der Waals surface area contributed by atoms with Crippen molar-refractivity contribution in [3.8, 4) is 5.69 Å². The first-order valence-corrected chi connectivity index (χ1v) is 6.82. The van der Waals surface area contributed by atoms with Gasteiger partial charge < -0.3 is 5.11 Å². The summed E-state index contributed by atoms with van der Waals surface area (Å²) in [6, 6.07) is 5.88. The molecule has 1 heterocycles. The molecule has 0 atom stereocenters. The molecular formula is C14H17BrN2O. The molecule has 1 N–H and O–H groups in total. The molecule has 0 aliphatic heterocycles. The van der Waals surface area contributed by atoms with Gasteiger partial charge in [-0.05, 0) is 44.0 Å². The topological polar surface area (TPSA) is 38.0 Å². The van der Waals surface area contributed by atoms with E-state index in [1.54, 1.807) is 0 Å². The van der Waals surface area contributed by atoms with Crippen molar-refractivity contribution in [2.75, 3.05) is 0 Å². The molecule has 1 aromatic carbocycles. The van der Waals surface area contributed by atoms with Gasteiger partial charge in [-0.3, -0.25) is 0 Å². The Balaban J connectivity index is 2.62. The second-order valence-corrected chi connectivity index (χ2v) is 5.26. The Kier molecular flexibility index (Phi) is 3.88. The van der Waals surface area contributed by atoms with E-state index < -0.39 is 0 Å². The number of aliphatic hydroxyl groups excluding tert-OH is 1. The van der Waals surface area contributed by atoms with E-state index in [1.165, 1.54) is 5.56 Å². The molecule has 18 heavy (non-hydrogen) atoms. The van der Waals surface area contributed by atoms with Gasteiger partial charge in [0.15, 0.2) is 0 Å². The van der Waals surface area contributed by atoms with Crippen LogP contribution in [-0.2, 0) is 13.0 Å². The van der Waals surface area contributed by atoms with Crippen molar-refractivity contribution in [2.24, 2.45) is 0 Å². The Morgan fingerprint density at radius 3 is 2.61 bits per heavy atom. The lowest BCUT2D eigenvalue weighted by Gasteiger charge is -2.10. The first-order valence-electron chi connectivity index (χ1n) is 6.03. The average molecular weight is 309 g/mol. The van der Waals surface area contributed by atoms with E-state index in [1.807, 2.05) is 29.8 Å². The van der Waals surface area contributed by atoms with Crippen LogP contribution in [0.1, 0.15) is 29.4 Å². The van der Waals surface area contributed by atoms with Gasteiger partial charge in [-0.25, -0.2) is 4.68 Å². The monoisotopic (exact) mass is 308 g/mol. The highest BCUT2D eigenvalue weighted by Crippen LogP contribution is 2.24. The number of rotatable bonds is 3. The number of aryl methyl sites for hydroxylation is 1. The highest BCUT2D eigenvalue weighted by atomic mass is 79.9. The van der Waals surface area contributed by atoms with Gasteiger partial charge in [0.25, 0.3) is 0 Å². The van der Waals surface area contributed by atoms with E-state index in [0.717, 1.165) is 33.5 Å². The van der Waals surface area contributed by atoms with Crippen molar-refractivity contribution in [1.82, 2.24) is 9.78 Å². The zero-order valence-corrected chi connectivity index (χ0v) is 12.5. The lowest BCUT2D eigenvalue weighted by atomic mass is 10.1. The molecule has 0 amide bonds. The molecule has 0 unspecified atom stereocenters. The van der Waals surface area contributed by atoms with Crippen LogP contribution in [0, 0.1) is 13.8 Å². The minimum atomic E-state index is 0.00851. The van der Waals surface area contributed by atoms with Crippen LogP contribution < -0.4 is 0 Å². The molecule has 0 spiro atoms. The largest absolute Gasteiger partial charge is 0.392 e. The number of hydrogen-bond acceptors (Lipinski definition) is 2. The molecule has 3 nitrogen and oxygen atoms in total. The van der Waals surface area contributed by atoms with E-state index in [4.69, 9.17) is 0 Å². The number of nitrogens with zero attached hydrogens (tertiary/aromatic N) is 2. The zero-order valence-electron chi connectivity index (χ0n) is 10.9. The summed E-state index contributed by atoms with van der Waals surface area (Å²) in [7, 11) is 0. The number of aliphatic hydroxyl groups is 1. The Morgan fingerprint density at radius 2 is 2.06 bits per heavy atom. The Hall–Kier alpha value is -1.13. The molecule has 0 radical (unpaired) electrons. The maximum absolute atomic E-state index is 9.47. The molecule has 1 aromatic heterocycles. The molecule has 0 saturated heterocycles. The minimum absolute atomic E-state index is 0.00851. The molecule has 0 saturated carbocycles. The fourth-order valence-corrected chi connectivity index (χ4v) is 2.72. The van der Waals surface area contributed by atoms with Crippen molar-refractivity contribution in [3.05, 3.63) is 45.2 Å². The third-order valence-electron chi connectivity index (χ3n) is 3.23. The molecular weight excluding hydrogens is 292 g/mol. The van der Waals surface area contributed by atoms with Crippen LogP contribution in [0.15, 0.2) is 22.7 Å². The van der Waals surface area contributed by atoms with Crippen LogP contribution in [0.3, 0.4) is 0 Å². The summed E-state index contributed by atoms with van der Waals surface area (Å²) >= 11 is 3.42. The molecule has 4 heteroatoms. The summed E-state index contributed by atoms with van der Waals surface area (Å²) in [5.74, 6) is 0. The Labute approximate surface area is 116 Å². The van der Waals surface area contributed by atoms with Crippen LogP contribution in [0.5, 0.6) is 0 Å². The van der Waals surface area contributed by atoms with E-state index >= 15 is 0 Å². The molecule has 2 aromatic rings. The molecule has 0 aliphatic rings. The normalized spacial score (nSPS) is 10.9. The molecule has 0 bridgehead atoms. The predicted molar refractivity (Wildman–Crippen MR) is 76.0 cm³/mol. The number of hydrogen-bond donors (Lipinski definition) is 1. The van der Waals surface area contributed by atoms with Crippen molar-refractivity contribution in [3.63, 3.8) is 0 Å². The van der Waals surface area contributed by atoms with Crippen molar-refractivity contribution in [1.29, 1.82) is 0 Å². The molecule has 0 aliphatic carbocycles. The third kappa shape index (κ3) is 2.22. The fourth-order valence-electron chi connectivity index (χ4n) is 2.31. The summed E-state index contributed by atoms with van der Waals surface area (Å²) in [6.45, 7) is 6.24. The smallest absolute Gasteiger partial charge is 0.0704 e. The average Bonchev–Trinajstić information content (AvgIpc) is 2.64. The lowest BCUT2D eigenvalue weighted by Crippen LogP contribution is -2.04. The third-order valence-corrected chi connectivity index (χ3v) is 3.73. The highest BCUT2D eigenvalue weighted by molar-refractivity contribution is 9.10. The van der Waals surface area contributed by atoms with Gasteiger partial charge in [0, 0.05) is 15.7 Å². The van der Waals surface area contributed by atoms with Crippen molar-refractivity contribution < 1.29 is 5.11 Å². The summed E-state index contributed by atoms with van der Waals surface area (Å²) < 4.78 is 2.89. The van der Waals surface area contributed by atoms with Crippen LogP contribution in [0.25, 0.3) is 5.69 Å². The number of benzene rings is 1. The first-order chi connectivity index (χ1) is 8.58. The summed E-state index contributed by atoms with van der Waals surface area (Å²) in [5.41, 5.74) is 5.30. The summed E-state index contributed by atoms with van der Waals surface area (Å²) in [6.07, 6.45) is 0.975. The van der Waals surface area contributed by atoms with Gasteiger partial charge in [0.1, 0.15) is 0 Å². The fraction of sp³-hybridized carbons (Fsp3) is 0.357. The molecule has 96 valence electrons.